The molecule has 0 aliphatic carbocycles. The van der Waals surface area contributed by atoms with Crippen molar-refractivity contribution in [1.29, 1.82) is 0 Å². The van der Waals surface area contributed by atoms with Gasteiger partial charge in [-0.15, -0.1) is 0 Å². The number of nitrogens with two attached hydrogens (primary N) is 1. The molecule has 1 heterocycles. The first-order chi connectivity index (χ1) is 10.2. The van der Waals surface area contributed by atoms with E-state index < -0.39 is 0 Å². The first-order valence-electron chi connectivity index (χ1n) is 6.50. The number of aromatic nitrogens is 2. The smallest absolute Gasteiger partial charge is 0.261 e. The molecule has 0 fully saturated rings. The molecule has 0 aliphatic heterocycles. The molecule has 5 nitrogen and oxygen atoms in total. The summed E-state index contributed by atoms with van der Waals surface area (Å²) in [6, 6.07) is 17.7. The van der Waals surface area contributed by atoms with E-state index in [1.807, 2.05) is 54.6 Å². The number of nitrogens with zero attached hydrogens (tertiary/aromatic N) is 1. The van der Waals surface area contributed by atoms with E-state index in [1.165, 1.54) is 6.20 Å². The van der Waals surface area contributed by atoms with E-state index in [9.17, 15) is 4.79 Å². The van der Waals surface area contributed by atoms with E-state index in [-0.39, 0.29) is 11.7 Å². The number of nitrogen functional groups attached to an aromatic ring is 1. The summed E-state index contributed by atoms with van der Waals surface area (Å²) in [4.78, 5) is 12.0. The lowest BCUT2D eigenvalue weighted by atomic mass is 10.1. The van der Waals surface area contributed by atoms with Crippen LogP contribution in [0.1, 0.15) is 10.4 Å². The number of hydrogen-bond donors (Lipinski definition) is 3. The van der Waals surface area contributed by atoms with Crippen LogP contribution in [-0.4, -0.2) is 16.1 Å². The second-order valence-electron chi connectivity index (χ2n) is 4.59. The Bertz CT molecular complexity index is 747. The third kappa shape index (κ3) is 2.76. The quantitative estimate of drug-likeness (QED) is 0.688. The molecule has 0 aliphatic rings. The largest absolute Gasteiger partial charge is 0.383 e. The molecule has 0 radical (unpaired) electrons. The average Bonchev–Trinajstić information content (AvgIpc) is 2.95. The van der Waals surface area contributed by atoms with Crippen molar-refractivity contribution in [2.75, 3.05) is 11.1 Å². The zero-order valence-corrected chi connectivity index (χ0v) is 11.2. The molecule has 3 rings (SSSR count). The molecule has 104 valence electrons. The highest BCUT2D eigenvalue weighted by molar-refractivity contribution is 6.07. The molecule has 0 spiro atoms. The Morgan fingerprint density at radius 3 is 2.29 bits per heavy atom. The summed E-state index contributed by atoms with van der Waals surface area (Å²) >= 11 is 0. The van der Waals surface area contributed by atoms with Crippen molar-refractivity contribution in [3.05, 3.63) is 66.4 Å². The van der Waals surface area contributed by atoms with Crippen LogP contribution >= 0.6 is 0 Å². The summed E-state index contributed by atoms with van der Waals surface area (Å²) in [5, 5.41) is 9.05. The van der Waals surface area contributed by atoms with Gasteiger partial charge in [-0.3, -0.25) is 9.89 Å². The minimum atomic E-state index is -0.284. The topological polar surface area (TPSA) is 83.8 Å². The molecule has 5 heteroatoms. The highest BCUT2D eigenvalue weighted by Gasteiger charge is 2.11. The maximum absolute atomic E-state index is 12.0. The van der Waals surface area contributed by atoms with E-state index in [1.54, 1.807) is 0 Å². The second-order valence-corrected chi connectivity index (χ2v) is 4.59. The number of carbonyl (C=O) groups is 1. The van der Waals surface area contributed by atoms with E-state index in [0.717, 1.165) is 11.1 Å². The summed E-state index contributed by atoms with van der Waals surface area (Å²) < 4.78 is 0. The fourth-order valence-electron chi connectivity index (χ4n) is 2.05. The summed E-state index contributed by atoms with van der Waals surface area (Å²) in [7, 11) is 0. The van der Waals surface area contributed by atoms with Crippen LogP contribution in [0, 0.1) is 0 Å². The van der Waals surface area contributed by atoms with Gasteiger partial charge in [0, 0.05) is 5.69 Å². The number of H-pyrrole nitrogens is 1. The number of nitrogens with one attached hydrogen (secondary N) is 2. The molecular weight excluding hydrogens is 264 g/mol. The fraction of sp³-hybridized carbons (Fsp3) is 0. The van der Waals surface area contributed by atoms with Crippen LogP contribution in [-0.2, 0) is 0 Å². The van der Waals surface area contributed by atoms with Gasteiger partial charge in [0.1, 0.15) is 11.4 Å². The van der Waals surface area contributed by atoms with Gasteiger partial charge in [-0.2, -0.15) is 5.10 Å². The van der Waals surface area contributed by atoms with Crippen LogP contribution in [0.15, 0.2) is 60.8 Å². The minimum absolute atomic E-state index is 0.258. The maximum Gasteiger partial charge on any atom is 0.261 e. The van der Waals surface area contributed by atoms with E-state index in [0.29, 0.717) is 11.3 Å². The standard InChI is InChI=1S/C16H14N4O/c17-15-14(10-18-20-15)16(21)19-13-8-6-12(7-9-13)11-4-2-1-3-5-11/h1-10H,(H,19,21)(H3,17,18,20). The molecule has 0 saturated carbocycles. The number of carbonyl (C=O) groups excluding carboxylic acids is 1. The second kappa shape index (κ2) is 5.50. The van der Waals surface area contributed by atoms with Crippen LogP contribution in [0.25, 0.3) is 11.1 Å². The van der Waals surface area contributed by atoms with Gasteiger partial charge in [0.2, 0.25) is 0 Å². The Balaban J connectivity index is 1.76. The van der Waals surface area contributed by atoms with E-state index in [2.05, 4.69) is 15.5 Å². The molecule has 4 N–H and O–H groups in total. The Kier molecular flexibility index (Phi) is 3.39. The maximum atomic E-state index is 12.0. The van der Waals surface area contributed by atoms with Crippen molar-refractivity contribution < 1.29 is 4.79 Å². The number of anilines is 2. The number of hydrogen-bond acceptors (Lipinski definition) is 3. The minimum Gasteiger partial charge on any atom is -0.383 e. The highest BCUT2D eigenvalue weighted by Crippen LogP contribution is 2.21. The van der Waals surface area contributed by atoms with E-state index >= 15 is 0 Å². The van der Waals surface area contributed by atoms with Crippen molar-refractivity contribution >= 4 is 17.4 Å². The van der Waals surface area contributed by atoms with E-state index in [4.69, 9.17) is 5.73 Å². The van der Waals surface area contributed by atoms with Crippen LogP contribution in [0.4, 0.5) is 11.5 Å². The molecule has 0 atom stereocenters. The first-order valence-corrected chi connectivity index (χ1v) is 6.50. The number of amides is 1. The third-order valence-corrected chi connectivity index (χ3v) is 3.16. The van der Waals surface area contributed by atoms with Crippen molar-refractivity contribution in [2.24, 2.45) is 0 Å². The molecule has 0 unspecified atom stereocenters. The SMILES string of the molecule is Nc1[nH]ncc1C(=O)Nc1ccc(-c2ccccc2)cc1. The molecular formula is C16H14N4O. The fourth-order valence-corrected chi connectivity index (χ4v) is 2.05. The van der Waals surface area contributed by atoms with Gasteiger partial charge in [0.25, 0.3) is 5.91 Å². The Hall–Kier alpha value is -3.08. The van der Waals surface area contributed by atoms with Crippen molar-refractivity contribution in [3.8, 4) is 11.1 Å². The number of benzene rings is 2. The molecule has 1 aromatic heterocycles. The summed E-state index contributed by atoms with van der Waals surface area (Å²) in [6.45, 7) is 0. The molecule has 0 bridgehead atoms. The summed E-state index contributed by atoms with van der Waals surface area (Å²) in [6.07, 6.45) is 1.41. The predicted octanol–water partition coefficient (Wildman–Crippen LogP) is 2.91. The van der Waals surface area contributed by atoms with Gasteiger partial charge in [0.05, 0.1) is 6.20 Å². The number of aromatic amines is 1. The van der Waals surface area contributed by atoms with Crippen LogP contribution in [0.5, 0.6) is 0 Å². The lowest BCUT2D eigenvalue weighted by Gasteiger charge is -2.06. The molecule has 2 aromatic carbocycles. The molecule has 3 aromatic rings. The van der Waals surface area contributed by atoms with Crippen molar-refractivity contribution in [3.63, 3.8) is 0 Å². The normalized spacial score (nSPS) is 10.3. The first kappa shape index (κ1) is 12.9. The highest BCUT2D eigenvalue weighted by atomic mass is 16.1. The van der Waals surface area contributed by atoms with Crippen molar-refractivity contribution in [1.82, 2.24) is 10.2 Å². The Morgan fingerprint density at radius 2 is 1.67 bits per heavy atom. The zero-order chi connectivity index (χ0) is 14.7. The Morgan fingerprint density at radius 1 is 1.00 bits per heavy atom. The van der Waals surface area contributed by atoms with Crippen LogP contribution < -0.4 is 11.1 Å². The van der Waals surface area contributed by atoms with Crippen LogP contribution in [0.2, 0.25) is 0 Å². The van der Waals surface area contributed by atoms with Gasteiger partial charge in [-0.1, -0.05) is 42.5 Å². The third-order valence-electron chi connectivity index (χ3n) is 3.16. The summed E-state index contributed by atoms with van der Waals surface area (Å²) in [5.41, 5.74) is 8.89. The van der Waals surface area contributed by atoms with Gasteiger partial charge < -0.3 is 11.1 Å². The van der Waals surface area contributed by atoms with Gasteiger partial charge in [-0.25, -0.2) is 0 Å². The van der Waals surface area contributed by atoms with Crippen LogP contribution in [0.3, 0.4) is 0 Å². The van der Waals surface area contributed by atoms with Crippen molar-refractivity contribution in [2.45, 2.75) is 0 Å². The Labute approximate surface area is 121 Å². The zero-order valence-electron chi connectivity index (χ0n) is 11.2. The monoisotopic (exact) mass is 278 g/mol. The molecule has 1 amide bonds. The van der Waals surface area contributed by atoms with Gasteiger partial charge >= 0.3 is 0 Å². The average molecular weight is 278 g/mol. The molecule has 21 heavy (non-hydrogen) atoms. The predicted molar refractivity (Wildman–Crippen MR) is 82.8 cm³/mol. The lowest BCUT2D eigenvalue weighted by Crippen LogP contribution is -2.12. The summed E-state index contributed by atoms with van der Waals surface area (Å²) in [5.74, 6) is -0.0258. The number of rotatable bonds is 3. The lowest BCUT2D eigenvalue weighted by molar-refractivity contribution is 0.102. The molecule has 0 saturated heterocycles. The van der Waals surface area contributed by atoms with Gasteiger partial charge in [0.15, 0.2) is 0 Å². The van der Waals surface area contributed by atoms with Gasteiger partial charge in [-0.05, 0) is 23.3 Å².